The number of carbonyl (C=O) groups is 1. The van der Waals surface area contributed by atoms with E-state index in [1.807, 2.05) is 25.1 Å². The molecule has 0 fully saturated rings. The van der Waals surface area contributed by atoms with Crippen LogP contribution in [-0.4, -0.2) is 25.6 Å². The van der Waals surface area contributed by atoms with Crippen LogP contribution < -0.4 is 4.74 Å². The van der Waals surface area contributed by atoms with Crippen LogP contribution >= 0.6 is 0 Å². The van der Waals surface area contributed by atoms with E-state index in [9.17, 15) is 4.79 Å². The molecule has 0 heterocycles. The van der Waals surface area contributed by atoms with Crippen molar-refractivity contribution in [1.82, 2.24) is 0 Å². The first-order chi connectivity index (χ1) is 8.65. The number of hydrogen-bond acceptors (Lipinski definition) is 3. The molecule has 3 nitrogen and oxygen atoms in total. The van der Waals surface area contributed by atoms with E-state index in [-0.39, 0.29) is 5.78 Å². The normalized spacial score (nSPS) is 10.7. The number of ketones is 1. The third-order valence-corrected chi connectivity index (χ3v) is 2.45. The summed E-state index contributed by atoms with van der Waals surface area (Å²) in [6, 6.07) is 7.35. The Morgan fingerprint density at radius 2 is 1.94 bits per heavy atom. The van der Waals surface area contributed by atoms with E-state index in [1.165, 1.54) is 0 Å². The van der Waals surface area contributed by atoms with Gasteiger partial charge in [-0.2, -0.15) is 0 Å². The van der Waals surface area contributed by atoms with Crippen molar-refractivity contribution in [2.24, 2.45) is 5.92 Å². The first-order valence-electron chi connectivity index (χ1n) is 6.48. The Balaban J connectivity index is 2.44. The quantitative estimate of drug-likeness (QED) is 0.524. The van der Waals surface area contributed by atoms with Crippen molar-refractivity contribution < 1.29 is 14.3 Å². The van der Waals surface area contributed by atoms with E-state index < -0.39 is 0 Å². The average molecular weight is 250 g/mol. The van der Waals surface area contributed by atoms with Crippen molar-refractivity contribution in [2.75, 3.05) is 19.8 Å². The first-order valence-corrected chi connectivity index (χ1v) is 6.48. The van der Waals surface area contributed by atoms with E-state index >= 15 is 0 Å². The number of carbonyl (C=O) groups excluding carboxylic acids is 1. The summed E-state index contributed by atoms with van der Waals surface area (Å²) in [6.07, 6.45) is 0.490. The molecule has 0 atom stereocenters. The number of hydrogen-bond donors (Lipinski definition) is 0. The highest BCUT2D eigenvalue weighted by atomic mass is 16.5. The standard InChI is InChI=1S/C15H22O3/c1-4-14(16)13-7-5-6-8-15(13)18-10-9-17-11-12(2)3/h5-8,12H,4,9-11H2,1-3H3. The Hall–Kier alpha value is -1.35. The molecular weight excluding hydrogens is 228 g/mol. The molecule has 1 aromatic rings. The number of para-hydroxylation sites is 1. The van der Waals surface area contributed by atoms with Crippen LogP contribution in [0.25, 0.3) is 0 Å². The summed E-state index contributed by atoms with van der Waals surface area (Å²) in [4.78, 5) is 11.7. The zero-order valence-electron chi connectivity index (χ0n) is 11.4. The van der Waals surface area contributed by atoms with Gasteiger partial charge >= 0.3 is 0 Å². The summed E-state index contributed by atoms with van der Waals surface area (Å²) in [7, 11) is 0. The summed E-state index contributed by atoms with van der Waals surface area (Å²) in [6.45, 7) is 7.82. The molecule has 0 spiro atoms. The van der Waals surface area contributed by atoms with Gasteiger partial charge in [-0.05, 0) is 18.1 Å². The van der Waals surface area contributed by atoms with Gasteiger partial charge in [0.05, 0.1) is 12.2 Å². The zero-order chi connectivity index (χ0) is 13.4. The molecule has 0 aliphatic heterocycles. The van der Waals surface area contributed by atoms with E-state index in [2.05, 4.69) is 13.8 Å². The van der Waals surface area contributed by atoms with Crippen molar-refractivity contribution in [3.05, 3.63) is 29.8 Å². The van der Waals surface area contributed by atoms with Crippen LogP contribution in [0.2, 0.25) is 0 Å². The van der Waals surface area contributed by atoms with Gasteiger partial charge in [-0.1, -0.05) is 32.9 Å². The van der Waals surface area contributed by atoms with Crippen LogP contribution in [-0.2, 0) is 4.74 Å². The Morgan fingerprint density at radius 3 is 2.61 bits per heavy atom. The minimum atomic E-state index is 0.105. The minimum absolute atomic E-state index is 0.105. The minimum Gasteiger partial charge on any atom is -0.490 e. The van der Waals surface area contributed by atoms with Gasteiger partial charge in [-0.15, -0.1) is 0 Å². The molecule has 0 bridgehead atoms. The van der Waals surface area contributed by atoms with Crippen molar-refractivity contribution in [3.63, 3.8) is 0 Å². The summed E-state index contributed by atoms with van der Waals surface area (Å²) in [5, 5.41) is 0. The second-order valence-electron chi connectivity index (χ2n) is 4.59. The molecule has 3 heteroatoms. The van der Waals surface area contributed by atoms with Crippen LogP contribution in [0.5, 0.6) is 5.75 Å². The molecule has 1 aromatic carbocycles. The lowest BCUT2D eigenvalue weighted by Crippen LogP contribution is -2.11. The molecular formula is C15H22O3. The highest BCUT2D eigenvalue weighted by Gasteiger charge is 2.09. The smallest absolute Gasteiger partial charge is 0.166 e. The van der Waals surface area contributed by atoms with Gasteiger partial charge in [0.25, 0.3) is 0 Å². The van der Waals surface area contributed by atoms with Gasteiger partial charge in [0.1, 0.15) is 12.4 Å². The number of rotatable bonds is 8. The van der Waals surface area contributed by atoms with E-state index in [0.717, 1.165) is 6.61 Å². The maximum atomic E-state index is 11.7. The van der Waals surface area contributed by atoms with Crippen molar-refractivity contribution in [1.29, 1.82) is 0 Å². The molecule has 0 saturated heterocycles. The molecule has 0 aliphatic carbocycles. The second kappa shape index (κ2) is 7.88. The Labute approximate surface area is 109 Å². The largest absolute Gasteiger partial charge is 0.490 e. The van der Waals surface area contributed by atoms with Gasteiger partial charge in [0.15, 0.2) is 5.78 Å². The van der Waals surface area contributed by atoms with Crippen LogP contribution in [0.4, 0.5) is 0 Å². The molecule has 0 N–H and O–H groups in total. The van der Waals surface area contributed by atoms with Crippen molar-refractivity contribution >= 4 is 5.78 Å². The Morgan fingerprint density at radius 1 is 1.22 bits per heavy atom. The van der Waals surface area contributed by atoms with E-state index in [4.69, 9.17) is 9.47 Å². The van der Waals surface area contributed by atoms with E-state index in [1.54, 1.807) is 6.07 Å². The van der Waals surface area contributed by atoms with Crippen LogP contribution in [0.3, 0.4) is 0 Å². The molecule has 0 radical (unpaired) electrons. The lowest BCUT2D eigenvalue weighted by Gasteiger charge is -2.11. The monoisotopic (exact) mass is 250 g/mol. The van der Waals surface area contributed by atoms with Gasteiger partial charge in [0.2, 0.25) is 0 Å². The molecule has 0 aliphatic rings. The summed E-state index contributed by atoms with van der Waals surface area (Å²) in [5.41, 5.74) is 0.656. The lowest BCUT2D eigenvalue weighted by molar-refractivity contribution is 0.0809. The third-order valence-electron chi connectivity index (χ3n) is 2.45. The topological polar surface area (TPSA) is 35.5 Å². The van der Waals surface area contributed by atoms with Crippen LogP contribution in [0.15, 0.2) is 24.3 Å². The lowest BCUT2D eigenvalue weighted by atomic mass is 10.1. The highest BCUT2D eigenvalue weighted by molar-refractivity contribution is 5.98. The number of Topliss-reactive ketones (excluding diaryl/α,β-unsaturated/α-hetero) is 1. The van der Waals surface area contributed by atoms with Gasteiger partial charge in [-0.3, -0.25) is 4.79 Å². The van der Waals surface area contributed by atoms with Gasteiger partial charge in [-0.25, -0.2) is 0 Å². The fourth-order valence-electron chi connectivity index (χ4n) is 1.54. The third kappa shape index (κ3) is 4.88. The van der Waals surface area contributed by atoms with Crippen molar-refractivity contribution in [2.45, 2.75) is 27.2 Å². The predicted molar refractivity (Wildman–Crippen MR) is 72.2 cm³/mol. The zero-order valence-corrected chi connectivity index (χ0v) is 11.4. The SMILES string of the molecule is CCC(=O)c1ccccc1OCCOCC(C)C. The summed E-state index contributed by atoms with van der Waals surface area (Å²) in [5.74, 6) is 1.28. The average Bonchev–Trinajstić information content (AvgIpc) is 2.37. The Kier molecular flexibility index (Phi) is 6.44. The molecule has 1 rings (SSSR count). The fraction of sp³-hybridized carbons (Fsp3) is 0.533. The molecule has 0 saturated carbocycles. The molecule has 100 valence electrons. The van der Waals surface area contributed by atoms with E-state index in [0.29, 0.717) is 36.9 Å². The van der Waals surface area contributed by atoms with Gasteiger partial charge < -0.3 is 9.47 Å². The molecule has 0 unspecified atom stereocenters. The van der Waals surface area contributed by atoms with Gasteiger partial charge in [0, 0.05) is 13.0 Å². The fourth-order valence-corrected chi connectivity index (χ4v) is 1.54. The second-order valence-corrected chi connectivity index (χ2v) is 4.59. The number of benzene rings is 1. The maximum absolute atomic E-state index is 11.7. The van der Waals surface area contributed by atoms with Crippen LogP contribution in [0, 0.1) is 5.92 Å². The first kappa shape index (κ1) is 14.7. The predicted octanol–water partition coefficient (Wildman–Crippen LogP) is 3.33. The number of ether oxygens (including phenoxy) is 2. The Bertz CT molecular complexity index is 372. The van der Waals surface area contributed by atoms with Crippen LogP contribution in [0.1, 0.15) is 37.6 Å². The van der Waals surface area contributed by atoms with Crippen molar-refractivity contribution in [3.8, 4) is 5.75 Å². The molecule has 0 amide bonds. The maximum Gasteiger partial charge on any atom is 0.166 e. The summed E-state index contributed by atoms with van der Waals surface area (Å²) < 4.78 is 11.0. The summed E-state index contributed by atoms with van der Waals surface area (Å²) >= 11 is 0. The molecule has 18 heavy (non-hydrogen) atoms. The highest BCUT2D eigenvalue weighted by Crippen LogP contribution is 2.19. The molecule has 0 aromatic heterocycles.